The third-order valence-electron chi connectivity index (χ3n) is 2.79. The van der Waals surface area contributed by atoms with Crippen LogP contribution < -0.4 is 11.3 Å². The van der Waals surface area contributed by atoms with Gasteiger partial charge in [0.15, 0.2) is 0 Å². The van der Waals surface area contributed by atoms with E-state index in [4.69, 9.17) is 40.6 Å². The van der Waals surface area contributed by atoms with Crippen molar-refractivity contribution < 1.29 is 8.78 Å². The molecule has 2 aromatic rings. The molecule has 20 heavy (non-hydrogen) atoms. The fourth-order valence-corrected chi connectivity index (χ4v) is 2.27. The number of halogens is 5. The van der Waals surface area contributed by atoms with Crippen molar-refractivity contribution in [1.29, 1.82) is 0 Å². The molecule has 0 bridgehead atoms. The van der Waals surface area contributed by atoms with Crippen molar-refractivity contribution in [3.8, 4) is 0 Å². The van der Waals surface area contributed by atoms with E-state index in [1.54, 1.807) is 12.1 Å². The van der Waals surface area contributed by atoms with Crippen LogP contribution in [0.2, 0.25) is 15.1 Å². The maximum Gasteiger partial charge on any atom is 0.142 e. The lowest BCUT2D eigenvalue weighted by atomic mass is 9.98. The molecule has 0 spiro atoms. The summed E-state index contributed by atoms with van der Waals surface area (Å²) in [5.74, 6) is 4.03. The Balaban J connectivity index is 2.52. The van der Waals surface area contributed by atoms with E-state index >= 15 is 0 Å². The Morgan fingerprint density at radius 3 is 2.20 bits per heavy atom. The van der Waals surface area contributed by atoms with Crippen molar-refractivity contribution in [1.82, 2.24) is 5.43 Å². The highest BCUT2D eigenvalue weighted by Gasteiger charge is 2.19. The Bertz CT molecular complexity index is 650. The van der Waals surface area contributed by atoms with E-state index in [0.717, 1.165) is 12.1 Å². The van der Waals surface area contributed by atoms with Crippen LogP contribution in [0.1, 0.15) is 17.2 Å². The van der Waals surface area contributed by atoms with Crippen LogP contribution in [-0.4, -0.2) is 0 Å². The van der Waals surface area contributed by atoms with Gasteiger partial charge in [-0.2, -0.15) is 0 Å². The lowest BCUT2D eigenvalue weighted by Crippen LogP contribution is -2.29. The SMILES string of the molecule is NNC(c1ccc(Cl)c(Cl)c1)c1cc(F)c(Cl)cc1F. The summed E-state index contributed by atoms with van der Waals surface area (Å²) in [5, 5.41) is 0.351. The summed E-state index contributed by atoms with van der Waals surface area (Å²) in [6.45, 7) is 0. The fraction of sp³-hybridized carbons (Fsp3) is 0.0769. The number of hydrogen-bond donors (Lipinski definition) is 2. The van der Waals surface area contributed by atoms with Crippen LogP contribution in [-0.2, 0) is 0 Å². The zero-order chi connectivity index (χ0) is 14.9. The Hall–Kier alpha value is -0.910. The average Bonchev–Trinajstić information content (AvgIpc) is 2.40. The molecule has 3 N–H and O–H groups in total. The molecule has 2 rings (SSSR count). The van der Waals surface area contributed by atoms with Crippen molar-refractivity contribution in [3.63, 3.8) is 0 Å². The van der Waals surface area contributed by atoms with E-state index in [1.165, 1.54) is 6.07 Å². The highest BCUT2D eigenvalue weighted by Crippen LogP contribution is 2.31. The quantitative estimate of drug-likeness (QED) is 0.492. The molecule has 0 heterocycles. The van der Waals surface area contributed by atoms with Crippen LogP contribution in [0.25, 0.3) is 0 Å². The van der Waals surface area contributed by atoms with Crippen LogP contribution in [0.5, 0.6) is 0 Å². The number of hydrogen-bond acceptors (Lipinski definition) is 2. The molecule has 7 heteroatoms. The van der Waals surface area contributed by atoms with E-state index in [-0.39, 0.29) is 10.6 Å². The monoisotopic (exact) mass is 336 g/mol. The van der Waals surface area contributed by atoms with Gasteiger partial charge in [0.25, 0.3) is 0 Å². The first-order valence-corrected chi connectivity index (χ1v) is 6.63. The van der Waals surface area contributed by atoms with Gasteiger partial charge in [-0.15, -0.1) is 0 Å². The molecule has 0 amide bonds. The lowest BCUT2D eigenvalue weighted by molar-refractivity contribution is 0.546. The number of nitrogens with one attached hydrogen (secondary N) is 1. The molecule has 0 saturated heterocycles. The number of benzene rings is 2. The van der Waals surface area contributed by atoms with Gasteiger partial charge >= 0.3 is 0 Å². The maximum absolute atomic E-state index is 13.9. The number of nitrogens with two attached hydrogens (primary N) is 1. The van der Waals surface area contributed by atoms with Crippen molar-refractivity contribution in [3.05, 3.63) is 68.2 Å². The van der Waals surface area contributed by atoms with Gasteiger partial charge in [-0.3, -0.25) is 5.84 Å². The molecular formula is C13H9Cl3F2N2. The second kappa shape index (κ2) is 6.24. The minimum Gasteiger partial charge on any atom is -0.271 e. The smallest absolute Gasteiger partial charge is 0.142 e. The predicted octanol–water partition coefficient (Wildman–Crippen LogP) is 4.48. The summed E-state index contributed by atoms with van der Waals surface area (Å²) in [5.41, 5.74) is 2.98. The number of rotatable bonds is 3. The number of hydrazine groups is 1. The molecule has 0 aliphatic heterocycles. The molecule has 0 saturated carbocycles. The summed E-state index contributed by atoms with van der Waals surface area (Å²) in [6.07, 6.45) is 0. The molecule has 106 valence electrons. The third-order valence-corrected chi connectivity index (χ3v) is 3.82. The van der Waals surface area contributed by atoms with E-state index in [9.17, 15) is 8.78 Å². The Kier molecular flexibility index (Phi) is 4.83. The summed E-state index contributed by atoms with van der Waals surface area (Å²) < 4.78 is 27.4. The van der Waals surface area contributed by atoms with Gasteiger partial charge in [-0.25, -0.2) is 14.2 Å². The molecule has 2 nitrogen and oxygen atoms in total. The summed E-state index contributed by atoms with van der Waals surface area (Å²) >= 11 is 17.2. The summed E-state index contributed by atoms with van der Waals surface area (Å²) in [6, 6.07) is 5.80. The van der Waals surface area contributed by atoms with E-state index in [0.29, 0.717) is 15.6 Å². The third kappa shape index (κ3) is 3.05. The summed E-state index contributed by atoms with van der Waals surface area (Å²) in [4.78, 5) is 0. The molecular weight excluding hydrogens is 329 g/mol. The van der Waals surface area contributed by atoms with Crippen LogP contribution in [0.15, 0.2) is 30.3 Å². The Morgan fingerprint density at radius 2 is 1.60 bits per heavy atom. The second-order valence-electron chi connectivity index (χ2n) is 4.06. The largest absolute Gasteiger partial charge is 0.271 e. The molecule has 1 unspecified atom stereocenters. The minimum atomic E-state index is -0.781. The highest BCUT2D eigenvalue weighted by molar-refractivity contribution is 6.42. The van der Waals surface area contributed by atoms with Gasteiger partial charge in [0.1, 0.15) is 11.6 Å². The second-order valence-corrected chi connectivity index (χ2v) is 5.28. The zero-order valence-electron chi connectivity index (χ0n) is 9.93. The molecule has 0 fully saturated rings. The standard InChI is InChI=1S/C13H9Cl3F2N2/c14-8-2-1-6(3-9(8)15)13(20-19)7-4-12(18)10(16)5-11(7)17/h1-5,13,20H,19H2. The molecule has 0 aromatic heterocycles. The van der Waals surface area contributed by atoms with Crippen molar-refractivity contribution in [2.24, 2.45) is 5.84 Å². The first-order valence-electron chi connectivity index (χ1n) is 5.49. The van der Waals surface area contributed by atoms with E-state index in [1.807, 2.05) is 0 Å². The molecule has 2 aromatic carbocycles. The van der Waals surface area contributed by atoms with E-state index in [2.05, 4.69) is 5.43 Å². The van der Waals surface area contributed by atoms with Gasteiger partial charge in [0, 0.05) is 5.56 Å². The zero-order valence-corrected chi connectivity index (χ0v) is 12.2. The molecule has 0 aliphatic carbocycles. The average molecular weight is 338 g/mol. The Labute approximate surface area is 129 Å². The maximum atomic E-state index is 13.9. The topological polar surface area (TPSA) is 38.0 Å². The fourth-order valence-electron chi connectivity index (χ4n) is 1.82. The van der Waals surface area contributed by atoms with Crippen LogP contribution >= 0.6 is 34.8 Å². The van der Waals surface area contributed by atoms with Crippen molar-refractivity contribution in [2.45, 2.75) is 6.04 Å². The van der Waals surface area contributed by atoms with Gasteiger partial charge in [0.05, 0.1) is 21.1 Å². The molecule has 0 radical (unpaired) electrons. The van der Waals surface area contributed by atoms with Crippen molar-refractivity contribution >= 4 is 34.8 Å². The van der Waals surface area contributed by atoms with E-state index < -0.39 is 17.7 Å². The van der Waals surface area contributed by atoms with Crippen molar-refractivity contribution in [2.75, 3.05) is 0 Å². The summed E-state index contributed by atoms with van der Waals surface area (Å²) in [7, 11) is 0. The lowest BCUT2D eigenvalue weighted by Gasteiger charge is -2.18. The Morgan fingerprint density at radius 1 is 0.900 bits per heavy atom. The molecule has 1 atom stereocenters. The van der Waals surface area contributed by atoms with Gasteiger partial charge in [-0.1, -0.05) is 40.9 Å². The highest BCUT2D eigenvalue weighted by atomic mass is 35.5. The first kappa shape index (κ1) is 15.5. The normalized spacial score (nSPS) is 12.5. The van der Waals surface area contributed by atoms with Gasteiger partial charge < -0.3 is 0 Å². The van der Waals surface area contributed by atoms with Gasteiger partial charge in [0.2, 0.25) is 0 Å². The van der Waals surface area contributed by atoms with Crippen LogP contribution in [0, 0.1) is 11.6 Å². The van der Waals surface area contributed by atoms with Crippen LogP contribution in [0.4, 0.5) is 8.78 Å². The first-order chi connectivity index (χ1) is 9.43. The molecule has 0 aliphatic rings. The predicted molar refractivity (Wildman–Crippen MR) is 77.0 cm³/mol. The van der Waals surface area contributed by atoms with Crippen LogP contribution in [0.3, 0.4) is 0 Å². The van der Waals surface area contributed by atoms with Gasteiger partial charge in [-0.05, 0) is 29.8 Å². The minimum absolute atomic E-state index is 0.0211.